The summed E-state index contributed by atoms with van der Waals surface area (Å²) in [5, 5.41) is 12.0. The second kappa shape index (κ2) is 9.29. The SMILES string of the molecule is Cc1[nH]c(=O)c(C#N)c(C)c1CCC(=O)NCC(c1cccc(F)c1)N(C)C. The molecular weight excluding hydrogens is 359 g/mol. The minimum absolute atomic E-state index is 0.0831. The summed E-state index contributed by atoms with van der Waals surface area (Å²) in [6.07, 6.45) is 0.642. The van der Waals surface area contributed by atoms with Gasteiger partial charge >= 0.3 is 0 Å². The Morgan fingerprint density at radius 1 is 1.36 bits per heavy atom. The molecule has 28 heavy (non-hydrogen) atoms. The van der Waals surface area contributed by atoms with Crippen molar-refractivity contribution in [3.05, 3.63) is 68.4 Å². The lowest BCUT2D eigenvalue weighted by atomic mass is 9.99. The lowest BCUT2D eigenvalue weighted by Gasteiger charge is -2.25. The van der Waals surface area contributed by atoms with Gasteiger partial charge in [0.15, 0.2) is 0 Å². The van der Waals surface area contributed by atoms with Crippen molar-refractivity contribution in [3.63, 3.8) is 0 Å². The summed E-state index contributed by atoms with van der Waals surface area (Å²) < 4.78 is 13.5. The largest absolute Gasteiger partial charge is 0.354 e. The molecule has 0 fully saturated rings. The van der Waals surface area contributed by atoms with Crippen LogP contribution in [0.2, 0.25) is 0 Å². The highest BCUT2D eigenvalue weighted by Crippen LogP contribution is 2.19. The van der Waals surface area contributed by atoms with Gasteiger partial charge in [-0.25, -0.2) is 4.39 Å². The van der Waals surface area contributed by atoms with Crippen LogP contribution in [-0.2, 0) is 11.2 Å². The van der Waals surface area contributed by atoms with Gasteiger partial charge in [-0.05, 0) is 63.2 Å². The number of aromatic amines is 1. The Balaban J connectivity index is 2.03. The molecule has 0 saturated carbocycles. The number of nitriles is 1. The standard InChI is InChI=1S/C21H25FN4O2/c1-13-17(14(2)25-21(28)18(13)11-23)8-9-20(27)24-12-19(26(3)4)15-6-5-7-16(22)10-15/h5-7,10,19H,8-9,12H2,1-4H3,(H,24,27)(H,25,28). The van der Waals surface area contributed by atoms with Crippen LogP contribution < -0.4 is 10.9 Å². The molecule has 148 valence electrons. The van der Waals surface area contributed by atoms with E-state index < -0.39 is 5.56 Å². The van der Waals surface area contributed by atoms with Crippen LogP contribution >= 0.6 is 0 Å². The maximum absolute atomic E-state index is 13.5. The number of nitrogens with one attached hydrogen (secondary N) is 2. The molecule has 2 rings (SSSR count). The van der Waals surface area contributed by atoms with Gasteiger partial charge in [0.2, 0.25) is 5.91 Å². The van der Waals surface area contributed by atoms with Gasteiger partial charge in [-0.15, -0.1) is 0 Å². The van der Waals surface area contributed by atoms with Gasteiger partial charge in [-0.2, -0.15) is 5.26 Å². The van der Waals surface area contributed by atoms with Gasteiger partial charge in [-0.3, -0.25) is 9.59 Å². The second-order valence-electron chi connectivity index (χ2n) is 7.01. The fourth-order valence-corrected chi connectivity index (χ4v) is 3.27. The number of amides is 1. The van der Waals surface area contributed by atoms with Crippen molar-refractivity contribution in [3.8, 4) is 6.07 Å². The molecular formula is C21H25FN4O2. The number of aryl methyl sites for hydroxylation is 1. The van der Waals surface area contributed by atoms with E-state index in [2.05, 4.69) is 10.3 Å². The molecule has 1 amide bonds. The Hall–Kier alpha value is -2.98. The summed E-state index contributed by atoms with van der Waals surface area (Å²) in [4.78, 5) is 28.7. The third-order valence-electron chi connectivity index (χ3n) is 4.87. The molecule has 6 nitrogen and oxygen atoms in total. The van der Waals surface area contributed by atoms with Crippen LogP contribution in [0.1, 0.15) is 40.4 Å². The Labute approximate surface area is 164 Å². The quantitative estimate of drug-likeness (QED) is 0.767. The maximum atomic E-state index is 13.5. The van der Waals surface area contributed by atoms with E-state index in [1.54, 1.807) is 19.9 Å². The number of benzene rings is 1. The molecule has 1 aromatic heterocycles. The molecule has 0 aliphatic heterocycles. The normalized spacial score (nSPS) is 11.9. The summed E-state index contributed by atoms with van der Waals surface area (Å²) in [6.45, 7) is 3.83. The van der Waals surface area contributed by atoms with Crippen LogP contribution in [0.3, 0.4) is 0 Å². The number of nitrogens with zero attached hydrogens (tertiary/aromatic N) is 2. The number of pyridine rings is 1. The average molecular weight is 384 g/mol. The van der Waals surface area contributed by atoms with Crippen molar-refractivity contribution < 1.29 is 9.18 Å². The molecule has 0 aliphatic carbocycles. The van der Waals surface area contributed by atoms with Crippen LogP contribution in [0, 0.1) is 31.0 Å². The fraction of sp³-hybridized carbons (Fsp3) is 0.381. The fourth-order valence-electron chi connectivity index (χ4n) is 3.27. The van der Waals surface area contributed by atoms with Crippen molar-refractivity contribution in [1.82, 2.24) is 15.2 Å². The van der Waals surface area contributed by atoms with E-state index in [1.807, 2.05) is 31.1 Å². The molecule has 1 atom stereocenters. The molecule has 0 spiro atoms. The van der Waals surface area contributed by atoms with Crippen molar-refractivity contribution in [2.45, 2.75) is 32.7 Å². The average Bonchev–Trinajstić information content (AvgIpc) is 2.61. The second-order valence-corrected chi connectivity index (χ2v) is 7.01. The third-order valence-corrected chi connectivity index (χ3v) is 4.87. The van der Waals surface area contributed by atoms with E-state index in [0.29, 0.717) is 24.2 Å². The highest BCUT2D eigenvalue weighted by Gasteiger charge is 2.17. The zero-order valence-corrected chi connectivity index (χ0v) is 16.6. The van der Waals surface area contributed by atoms with Gasteiger partial charge in [0.25, 0.3) is 5.56 Å². The zero-order valence-electron chi connectivity index (χ0n) is 16.6. The molecule has 1 aromatic carbocycles. The number of hydrogen-bond donors (Lipinski definition) is 2. The lowest BCUT2D eigenvalue weighted by Crippen LogP contribution is -2.34. The summed E-state index contributed by atoms with van der Waals surface area (Å²) in [5.41, 5.74) is 2.55. The monoisotopic (exact) mass is 384 g/mol. The summed E-state index contributed by atoms with van der Waals surface area (Å²) in [7, 11) is 3.75. The minimum Gasteiger partial charge on any atom is -0.354 e. The number of aromatic nitrogens is 1. The number of likely N-dealkylation sites (N-methyl/N-ethyl adjacent to an activating group) is 1. The van der Waals surface area contributed by atoms with E-state index >= 15 is 0 Å². The van der Waals surface area contributed by atoms with E-state index in [9.17, 15) is 14.0 Å². The van der Waals surface area contributed by atoms with Gasteiger partial charge in [0, 0.05) is 18.7 Å². The Morgan fingerprint density at radius 3 is 2.68 bits per heavy atom. The third kappa shape index (κ3) is 5.05. The summed E-state index contributed by atoms with van der Waals surface area (Å²) in [6, 6.07) is 8.10. The van der Waals surface area contributed by atoms with Crippen molar-refractivity contribution in [1.29, 1.82) is 5.26 Å². The van der Waals surface area contributed by atoms with Gasteiger partial charge in [-0.1, -0.05) is 12.1 Å². The number of hydrogen-bond acceptors (Lipinski definition) is 4. The first-order valence-electron chi connectivity index (χ1n) is 9.05. The number of halogens is 1. The number of carbonyl (C=O) groups is 1. The van der Waals surface area contributed by atoms with Gasteiger partial charge in [0.05, 0.1) is 6.04 Å². The molecule has 2 aromatic rings. The van der Waals surface area contributed by atoms with Gasteiger partial charge in [0.1, 0.15) is 17.4 Å². The molecule has 1 heterocycles. The first kappa shape index (κ1) is 21.3. The molecule has 0 aliphatic rings. The summed E-state index contributed by atoms with van der Waals surface area (Å²) >= 11 is 0. The first-order valence-corrected chi connectivity index (χ1v) is 9.05. The minimum atomic E-state index is -0.408. The Kier molecular flexibility index (Phi) is 7.07. The number of rotatable bonds is 7. The predicted molar refractivity (Wildman–Crippen MR) is 105 cm³/mol. The smallest absolute Gasteiger partial charge is 0.266 e. The van der Waals surface area contributed by atoms with Crippen LogP contribution in [0.4, 0.5) is 4.39 Å². The van der Waals surface area contributed by atoms with E-state index in [-0.39, 0.29) is 29.8 Å². The topological polar surface area (TPSA) is 89.0 Å². The maximum Gasteiger partial charge on any atom is 0.266 e. The highest BCUT2D eigenvalue weighted by molar-refractivity contribution is 5.76. The van der Waals surface area contributed by atoms with Crippen LogP contribution in [0.5, 0.6) is 0 Å². The predicted octanol–water partition coefficient (Wildman–Crippen LogP) is 2.35. The first-order chi connectivity index (χ1) is 13.2. The summed E-state index contributed by atoms with van der Waals surface area (Å²) in [5.74, 6) is -0.459. The molecule has 0 radical (unpaired) electrons. The molecule has 0 bridgehead atoms. The van der Waals surface area contributed by atoms with Crippen molar-refractivity contribution in [2.24, 2.45) is 0 Å². The molecule has 1 unspecified atom stereocenters. The lowest BCUT2D eigenvalue weighted by molar-refractivity contribution is -0.121. The number of carbonyl (C=O) groups excluding carboxylic acids is 1. The Bertz CT molecular complexity index is 960. The van der Waals surface area contributed by atoms with Crippen LogP contribution in [-0.4, -0.2) is 36.4 Å². The van der Waals surface area contributed by atoms with E-state index in [0.717, 1.165) is 11.1 Å². The van der Waals surface area contributed by atoms with Crippen molar-refractivity contribution >= 4 is 5.91 Å². The molecule has 2 N–H and O–H groups in total. The van der Waals surface area contributed by atoms with Crippen LogP contribution in [0.15, 0.2) is 29.1 Å². The van der Waals surface area contributed by atoms with Crippen LogP contribution in [0.25, 0.3) is 0 Å². The highest BCUT2D eigenvalue weighted by atomic mass is 19.1. The van der Waals surface area contributed by atoms with E-state index in [4.69, 9.17) is 5.26 Å². The van der Waals surface area contributed by atoms with E-state index in [1.165, 1.54) is 12.1 Å². The molecule has 7 heteroatoms. The molecule has 0 saturated heterocycles. The Morgan fingerprint density at radius 2 is 2.07 bits per heavy atom. The van der Waals surface area contributed by atoms with Crippen molar-refractivity contribution in [2.75, 3.05) is 20.6 Å². The van der Waals surface area contributed by atoms with Gasteiger partial charge < -0.3 is 15.2 Å². The zero-order chi connectivity index (χ0) is 20.8. The number of H-pyrrole nitrogens is 1.